The van der Waals surface area contributed by atoms with Crippen LogP contribution in [-0.2, 0) is 0 Å². The zero-order valence-corrected chi connectivity index (χ0v) is 9.81. The number of aromatic carboxylic acids is 2. The number of benzene rings is 1. The van der Waals surface area contributed by atoms with Gasteiger partial charge in [-0.05, 0) is 6.07 Å². The smallest absolute Gasteiger partial charge is 0.337 e. The Labute approximate surface area is 102 Å². The summed E-state index contributed by atoms with van der Waals surface area (Å²) < 4.78 is 0. The van der Waals surface area contributed by atoms with E-state index in [1.54, 1.807) is 0 Å². The van der Waals surface area contributed by atoms with Gasteiger partial charge in [-0.15, -0.1) is 37.9 Å². The summed E-state index contributed by atoms with van der Waals surface area (Å²) in [5.41, 5.74) is -0.781. The lowest BCUT2D eigenvalue weighted by Gasteiger charge is -2.09. The van der Waals surface area contributed by atoms with Gasteiger partial charge in [-0.3, -0.25) is 0 Å². The second-order valence-electron chi connectivity index (χ2n) is 2.62. The number of hydrogen-bond donors (Lipinski definition) is 5. The van der Waals surface area contributed by atoms with Gasteiger partial charge >= 0.3 is 11.9 Å². The summed E-state index contributed by atoms with van der Waals surface area (Å²) in [6.07, 6.45) is 0. The Morgan fingerprint density at radius 1 is 0.933 bits per heavy atom. The molecule has 1 aromatic rings. The molecule has 2 N–H and O–H groups in total. The van der Waals surface area contributed by atoms with E-state index in [9.17, 15) is 9.59 Å². The lowest BCUT2D eigenvalue weighted by atomic mass is 10.1. The van der Waals surface area contributed by atoms with Crippen LogP contribution in [0.1, 0.15) is 20.7 Å². The van der Waals surface area contributed by atoms with Crippen molar-refractivity contribution in [2.24, 2.45) is 0 Å². The molecule has 0 aliphatic rings. The molecule has 0 amide bonds. The minimum absolute atomic E-state index is 0.0148. The van der Waals surface area contributed by atoms with Crippen LogP contribution in [0, 0.1) is 0 Å². The molecule has 0 atom stereocenters. The van der Waals surface area contributed by atoms with Gasteiger partial charge in [0, 0.05) is 14.7 Å². The lowest BCUT2D eigenvalue weighted by Crippen LogP contribution is -2.10. The largest absolute Gasteiger partial charge is 0.478 e. The van der Waals surface area contributed by atoms with Crippen molar-refractivity contribution in [1.29, 1.82) is 0 Å². The molecular formula is C8H6O4S3. The maximum atomic E-state index is 10.9. The third-order valence-electron chi connectivity index (χ3n) is 1.69. The van der Waals surface area contributed by atoms with E-state index in [1.165, 1.54) is 6.07 Å². The molecule has 7 heteroatoms. The predicted octanol–water partition coefficient (Wildman–Crippen LogP) is 1.95. The van der Waals surface area contributed by atoms with E-state index in [1.807, 2.05) is 0 Å². The van der Waals surface area contributed by atoms with Crippen LogP contribution in [0.25, 0.3) is 0 Å². The van der Waals surface area contributed by atoms with E-state index in [4.69, 9.17) is 10.2 Å². The van der Waals surface area contributed by atoms with Gasteiger partial charge in [0.15, 0.2) is 0 Å². The summed E-state index contributed by atoms with van der Waals surface area (Å²) in [7, 11) is 0. The van der Waals surface area contributed by atoms with Crippen LogP contribution in [0.4, 0.5) is 0 Å². The lowest BCUT2D eigenvalue weighted by molar-refractivity contribution is 0.0644. The highest BCUT2D eigenvalue weighted by molar-refractivity contribution is 7.83. The molecule has 0 radical (unpaired) electrons. The highest BCUT2D eigenvalue weighted by Gasteiger charge is 2.23. The molecule has 0 spiro atoms. The molecule has 1 aromatic carbocycles. The SMILES string of the molecule is O=C(O)c1c(S)cc(S)c(S)c1C(=O)O. The van der Waals surface area contributed by atoms with Crippen LogP contribution in [0.15, 0.2) is 20.8 Å². The topological polar surface area (TPSA) is 74.6 Å². The van der Waals surface area contributed by atoms with Crippen LogP contribution in [-0.4, -0.2) is 22.2 Å². The molecule has 1 rings (SSSR count). The minimum Gasteiger partial charge on any atom is -0.478 e. The number of carbonyl (C=O) groups is 2. The van der Waals surface area contributed by atoms with E-state index in [0.717, 1.165) is 0 Å². The van der Waals surface area contributed by atoms with Gasteiger partial charge in [-0.25, -0.2) is 9.59 Å². The molecular weight excluding hydrogens is 256 g/mol. The highest BCUT2D eigenvalue weighted by atomic mass is 32.1. The van der Waals surface area contributed by atoms with Crippen molar-refractivity contribution in [3.05, 3.63) is 17.2 Å². The van der Waals surface area contributed by atoms with Crippen LogP contribution in [0.5, 0.6) is 0 Å². The zero-order valence-electron chi connectivity index (χ0n) is 7.13. The van der Waals surface area contributed by atoms with Gasteiger partial charge in [-0.1, -0.05) is 0 Å². The molecule has 0 unspecified atom stereocenters. The van der Waals surface area contributed by atoms with E-state index in [0.29, 0.717) is 0 Å². The fourth-order valence-corrected chi connectivity index (χ4v) is 2.02. The van der Waals surface area contributed by atoms with Crippen molar-refractivity contribution in [2.45, 2.75) is 14.7 Å². The van der Waals surface area contributed by atoms with Gasteiger partial charge in [0.05, 0.1) is 11.1 Å². The van der Waals surface area contributed by atoms with Gasteiger partial charge in [-0.2, -0.15) is 0 Å². The Morgan fingerprint density at radius 2 is 1.40 bits per heavy atom. The van der Waals surface area contributed by atoms with Gasteiger partial charge < -0.3 is 10.2 Å². The molecule has 0 heterocycles. The van der Waals surface area contributed by atoms with Gasteiger partial charge in [0.25, 0.3) is 0 Å². The van der Waals surface area contributed by atoms with E-state index in [2.05, 4.69) is 37.9 Å². The first-order valence-electron chi connectivity index (χ1n) is 3.60. The summed E-state index contributed by atoms with van der Waals surface area (Å²) in [5, 5.41) is 17.7. The van der Waals surface area contributed by atoms with Crippen molar-refractivity contribution >= 4 is 49.8 Å². The van der Waals surface area contributed by atoms with E-state index in [-0.39, 0.29) is 20.2 Å². The van der Waals surface area contributed by atoms with Crippen molar-refractivity contribution in [3.8, 4) is 0 Å². The molecule has 0 fully saturated rings. The number of rotatable bonds is 2. The van der Waals surface area contributed by atoms with E-state index < -0.39 is 17.5 Å². The minimum atomic E-state index is -1.37. The summed E-state index contributed by atoms with van der Waals surface area (Å²) in [6.45, 7) is 0. The molecule has 15 heavy (non-hydrogen) atoms. The first-order valence-corrected chi connectivity index (χ1v) is 4.95. The quantitative estimate of drug-likeness (QED) is 0.528. The maximum absolute atomic E-state index is 10.9. The fraction of sp³-hybridized carbons (Fsp3) is 0. The summed E-state index contributed by atoms with van der Waals surface area (Å²) >= 11 is 11.8. The summed E-state index contributed by atoms with van der Waals surface area (Å²) in [5.74, 6) is -2.73. The number of carboxylic acid groups (broad SMARTS) is 2. The molecule has 0 aliphatic carbocycles. The van der Waals surface area contributed by atoms with Crippen molar-refractivity contribution in [3.63, 3.8) is 0 Å². The van der Waals surface area contributed by atoms with Gasteiger partial charge in [0.1, 0.15) is 0 Å². The molecule has 80 valence electrons. The summed E-state index contributed by atoms with van der Waals surface area (Å²) in [4.78, 5) is 22.0. The highest BCUT2D eigenvalue weighted by Crippen LogP contribution is 2.30. The van der Waals surface area contributed by atoms with Crippen LogP contribution in [0.3, 0.4) is 0 Å². The van der Waals surface area contributed by atoms with Crippen molar-refractivity contribution < 1.29 is 19.8 Å². The Bertz CT molecular complexity index is 456. The van der Waals surface area contributed by atoms with Crippen LogP contribution < -0.4 is 0 Å². The van der Waals surface area contributed by atoms with Gasteiger partial charge in [0.2, 0.25) is 0 Å². The Balaban J connectivity index is 3.69. The normalized spacial score (nSPS) is 10.1. The Morgan fingerprint density at radius 3 is 1.80 bits per heavy atom. The number of carboxylic acids is 2. The third-order valence-corrected chi connectivity index (χ3v) is 3.03. The number of hydrogen-bond acceptors (Lipinski definition) is 5. The Kier molecular flexibility index (Phi) is 3.58. The first kappa shape index (κ1) is 12.3. The fourth-order valence-electron chi connectivity index (χ4n) is 1.07. The zero-order chi connectivity index (χ0) is 11.7. The molecule has 0 aromatic heterocycles. The molecule has 0 bridgehead atoms. The second kappa shape index (κ2) is 4.38. The van der Waals surface area contributed by atoms with Crippen molar-refractivity contribution in [1.82, 2.24) is 0 Å². The average Bonchev–Trinajstić information content (AvgIpc) is 2.09. The maximum Gasteiger partial charge on any atom is 0.337 e. The molecule has 0 saturated carbocycles. The molecule has 0 aliphatic heterocycles. The monoisotopic (exact) mass is 262 g/mol. The Hall–Kier alpha value is -0.790. The third kappa shape index (κ3) is 2.24. The molecule has 0 saturated heterocycles. The van der Waals surface area contributed by atoms with Crippen LogP contribution >= 0.6 is 37.9 Å². The molecule has 4 nitrogen and oxygen atoms in total. The summed E-state index contributed by atoms with van der Waals surface area (Å²) in [6, 6.07) is 1.34. The van der Waals surface area contributed by atoms with Crippen LogP contribution in [0.2, 0.25) is 0 Å². The first-order chi connectivity index (χ1) is 6.86. The van der Waals surface area contributed by atoms with E-state index >= 15 is 0 Å². The predicted molar refractivity (Wildman–Crippen MR) is 62.1 cm³/mol. The number of thiol groups is 3. The average molecular weight is 262 g/mol. The van der Waals surface area contributed by atoms with Crippen molar-refractivity contribution in [2.75, 3.05) is 0 Å². The second-order valence-corrected chi connectivity index (χ2v) is 4.03. The standard InChI is InChI=1S/C8H6O4S3/c9-7(10)4-2(13)1-3(14)6(15)5(4)8(11)12/h1,13-15H,(H,9,10)(H,11,12).